The largest absolute Gasteiger partial charge is 0.331 e. The van der Waals surface area contributed by atoms with Gasteiger partial charge in [0.2, 0.25) is 0 Å². The fourth-order valence-electron chi connectivity index (χ4n) is 5.86. The summed E-state index contributed by atoms with van der Waals surface area (Å²) in [5, 5.41) is 4.55. The number of nitrogens with one attached hydrogen (secondary N) is 1. The van der Waals surface area contributed by atoms with Crippen LogP contribution < -0.4 is 10.6 Å². The summed E-state index contributed by atoms with van der Waals surface area (Å²) >= 11 is 0. The Labute approximate surface area is 145 Å². The average Bonchev–Trinajstić information content (AvgIpc) is 2.53. The molecule has 4 aliphatic rings. The number of benzene rings is 1. The molecule has 25 heavy (non-hydrogen) atoms. The number of carbonyl (C=O) groups excluding carboxylic acids is 1. The van der Waals surface area contributed by atoms with E-state index in [0.29, 0.717) is 0 Å². The van der Waals surface area contributed by atoms with Crippen molar-refractivity contribution in [1.82, 2.24) is 0 Å². The first-order chi connectivity index (χ1) is 11.8. The second kappa shape index (κ2) is 6.01. The number of quaternary nitrogens is 1. The summed E-state index contributed by atoms with van der Waals surface area (Å²) in [6.45, 7) is 1.80. The van der Waals surface area contributed by atoms with Crippen LogP contribution in [0.2, 0.25) is 0 Å². The molecular weight excluding hydrogens is 329 g/mol. The van der Waals surface area contributed by atoms with Crippen molar-refractivity contribution in [2.45, 2.75) is 57.0 Å². The van der Waals surface area contributed by atoms with E-state index in [1.807, 2.05) is 0 Å². The zero-order valence-electron chi connectivity index (χ0n) is 14.3. The number of amides is 1. The molecule has 1 aromatic rings. The molecule has 0 aliphatic heterocycles. The lowest BCUT2D eigenvalue weighted by atomic mass is 9.53. The van der Waals surface area contributed by atoms with E-state index < -0.39 is 23.5 Å². The molecule has 3 nitrogen and oxygen atoms in total. The molecule has 1 aromatic carbocycles. The summed E-state index contributed by atoms with van der Waals surface area (Å²) in [5.41, 5.74) is -0.187. The maximum atomic E-state index is 13.8. The van der Waals surface area contributed by atoms with E-state index in [9.17, 15) is 18.0 Å². The first-order valence-electron chi connectivity index (χ1n) is 9.15. The molecule has 0 radical (unpaired) electrons. The Morgan fingerprint density at radius 1 is 1.08 bits per heavy atom. The van der Waals surface area contributed by atoms with Gasteiger partial charge < -0.3 is 10.6 Å². The molecule has 4 saturated carbocycles. The Hall–Kier alpha value is -1.56. The van der Waals surface area contributed by atoms with Crippen molar-refractivity contribution >= 4 is 11.6 Å². The van der Waals surface area contributed by atoms with E-state index in [1.54, 1.807) is 6.92 Å². The molecule has 1 amide bonds. The summed E-state index contributed by atoms with van der Waals surface area (Å²) in [4.78, 5) is 12.5. The molecule has 0 spiro atoms. The number of nitrogens with two attached hydrogens (primary N) is 1. The first kappa shape index (κ1) is 16.9. The van der Waals surface area contributed by atoms with E-state index in [1.165, 1.54) is 19.3 Å². The predicted molar refractivity (Wildman–Crippen MR) is 87.2 cm³/mol. The van der Waals surface area contributed by atoms with E-state index in [0.717, 1.165) is 49.1 Å². The van der Waals surface area contributed by atoms with Crippen LogP contribution in [0.5, 0.6) is 0 Å². The van der Waals surface area contributed by atoms with E-state index in [-0.39, 0.29) is 17.1 Å². The Balaban J connectivity index is 1.44. The minimum absolute atomic E-state index is 0.123. The highest BCUT2D eigenvalue weighted by Crippen LogP contribution is 2.54. The number of rotatable bonds is 4. The predicted octanol–water partition coefficient (Wildman–Crippen LogP) is 2.96. The van der Waals surface area contributed by atoms with Gasteiger partial charge in [0.05, 0.1) is 11.2 Å². The van der Waals surface area contributed by atoms with Crippen LogP contribution in [0, 0.1) is 35.2 Å². The Bertz CT molecular complexity index is 671. The van der Waals surface area contributed by atoms with Gasteiger partial charge in [-0.1, -0.05) is 0 Å². The molecule has 0 unspecified atom stereocenters. The van der Waals surface area contributed by atoms with Crippen LogP contribution >= 0.6 is 0 Å². The van der Waals surface area contributed by atoms with Crippen molar-refractivity contribution in [3.63, 3.8) is 0 Å². The quantitative estimate of drug-likeness (QED) is 0.803. The van der Waals surface area contributed by atoms with Crippen LogP contribution in [-0.4, -0.2) is 17.5 Å². The van der Waals surface area contributed by atoms with E-state index in [4.69, 9.17) is 0 Å². The second-order valence-electron chi connectivity index (χ2n) is 8.45. The maximum Gasteiger partial charge on any atom is 0.282 e. The summed E-state index contributed by atoms with van der Waals surface area (Å²) in [5.74, 6) is -2.21. The molecule has 136 valence electrons. The third kappa shape index (κ3) is 3.05. The standard InChI is InChI=1S/C19H23F3N2O/c1-10(18(25)23-15-3-2-14(20)16(21)17(15)22)24-19-7-11-4-12(8-19)6-13(5-11)9-19/h2-3,10-13,24H,4-9H2,1H3,(H,23,25)/p+1/t10-,11?,12?,13?,19?/m0/s1. The van der Waals surface area contributed by atoms with Gasteiger partial charge in [-0.15, -0.1) is 0 Å². The van der Waals surface area contributed by atoms with Crippen molar-refractivity contribution in [2.75, 3.05) is 5.32 Å². The zero-order valence-corrected chi connectivity index (χ0v) is 14.3. The molecule has 6 heteroatoms. The van der Waals surface area contributed by atoms with Crippen LogP contribution in [0.15, 0.2) is 12.1 Å². The van der Waals surface area contributed by atoms with Crippen molar-refractivity contribution in [3.8, 4) is 0 Å². The number of hydrogen-bond donors (Lipinski definition) is 2. The lowest BCUT2D eigenvalue weighted by Gasteiger charge is -2.55. The van der Waals surface area contributed by atoms with E-state index in [2.05, 4.69) is 10.6 Å². The number of anilines is 1. The highest BCUT2D eigenvalue weighted by Gasteiger charge is 2.54. The van der Waals surface area contributed by atoms with Gasteiger partial charge in [0.1, 0.15) is 0 Å². The van der Waals surface area contributed by atoms with Crippen molar-refractivity contribution in [3.05, 3.63) is 29.6 Å². The highest BCUT2D eigenvalue weighted by atomic mass is 19.2. The molecule has 1 atom stereocenters. The third-order valence-electron chi connectivity index (χ3n) is 6.40. The Kier molecular flexibility index (Phi) is 4.06. The monoisotopic (exact) mass is 353 g/mol. The summed E-state index contributed by atoms with van der Waals surface area (Å²) in [6, 6.07) is 1.48. The average molecular weight is 353 g/mol. The molecule has 0 saturated heterocycles. The van der Waals surface area contributed by atoms with Gasteiger partial charge in [-0.25, -0.2) is 13.2 Å². The number of carbonyl (C=O) groups is 1. The van der Waals surface area contributed by atoms with Gasteiger partial charge in [0.25, 0.3) is 5.91 Å². The van der Waals surface area contributed by atoms with Crippen LogP contribution in [0.3, 0.4) is 0 Å². The molecule has 0 aromatic heterocycles. The molecule has 4 aliphatic carbocycles. The van der Waals surface area contributed by atoms with Crippen LogP contribution in [0.25, 0.3) is 0 Å². The van der Waals surface area contributed by atoms with Gasteiger partial charge in [0, 0.05) is 19.3 Å². The SMILES string of the molecule is C[C@H]([NH2+]C12CC3CC(CC(C3)C1)C2)C(=O)Nc1ccc(F)c(F)c1F. The molecule has 5 rings (SSSR count). The number of hydrogen-bond acceptors (Lipinski definition) is 1. The minimum atomic E-state index is -1.56. The van der Waals surface area contributed by atoms with Gasteiger partial charge >= 0.3 is 0 Å². The fraction of sp³-hybridized carbons (Fsp3) is 0.632. The van der Waals surface area contributed by atoms with Gasteiger partial charge in [-0.05, 0) is 56.1 Å². The van der Waals surface area contributed by atoms with Crippen LogP contribution in [-0.2, 0) is 4.79 Å². The lowest BCUT2D eigenvalue weighted by Crippen LogP contribution is -3.03. The summed E-state index contributed by atoms with van der Waals surface area (Å²) in [6.07, 6.45) is 7.43. The fourth-order valence-corrected chi connectivity index (χ4v) is 5.86. The summed E-state index contributed by atoms with van der Waals surface area (Å²) in [7, 11) is 0. The van der Waals surface area contributed by atoms with E-state index >= 15 is 0 Å². The van der Waals surface area contributed by atoms with Crippen molar-refractivity contribution in [1.29, 1.82) is 0 Å². The lowest BCUT2D eigenvalue weighted by molar-refractivity contribution is -0.754. The zero-order chi connectivity index (χ0) is 17.8. The minimum Gasteiger partial charge on any atom is -0.331 e. The van der Waals surface area contributed by atoms with Gasteiger partial charge in [-0.2, -0.15) is 0 Å². The smallest absolute Gasteiger partial charge is 0.282 e. The van der Waals surface area contributed by atoms with Crippen molar-refractivity contribution in [2.24, 2.45) is 17.8 Å². The maximum absolute atomic E-state index is 13.8. The van der Waals surface area contributed by atoms with Crippen LogP contribution in [0.4, 0.5) is 18.9 Å². The second-order valence-corrected chi connectivity index (χ2v) is 8.45. The van der Waals surface area contributed by atoms with Gasteiger partial charge in [0.15, 0.2) is 23.5 Å². The normalized spacial score (nSPS) is 34.2. The molecular formula is C19H24F3N2O+. The topological polar surface area (TPSA) is 45.7 Å². The third-order valence-corrected chi connectivity index (χ3v) is 6.40. The van der Waals surface area contributed by atoms with Gasteiger partial charge in [-0.3, -0.25) is 4.79 Å². The molecule has 4 bridgehead atoms. The molecule has 0 heterocycles. The summed E-state index contributed by atoms with van der Waals surface area (Å²) < 4.78 is 40.1. The Morgan fingerprint density at radius 3 is 2.20 bits per heavy atom. The van der Waals surface area contributed by atoms with Crippen LogP contribution in [0.1, 0.15) is 45.4 Å². The number of halogens is 3. The molecule has 3 N–H and O–H groups in total. The van der Waals surface area contributed by atoms with Crippen molar-refractivity contribution < 1.29 is 23.3 Å². The Morgan fingerprint density at radius 2 is 1.64 bits per heavy atom. The first-order valence-corrected chi connectivity index (χ1v) is 9.15. The highest BCUT2D eigenvalue weighted by molar-refractivity contribution is 5.93. The molecule has 4 fully saturated rings.